The van der Waals surface area contributed by atoms with Crippen molar-refractivity contribution in [2.24, 2.45) is 5.14 Å². The van der Waals surface area contributed by atoms with Gasteiger partial charge in [-0.1, -0.05) is 0 Å². The van der Waals surface area contributed by atoms with E-state index in [2.05, 4.69) is 17.9 Å². The molecule has 0 radical (unpaired) electrons. The molecule has 0 aliphatic carbocycles. The summed E-state index contributed by atoms with van der Waals surface area (Å²) < 4.78 is 1.41. The van der Waals surface area contributed by atoms with Crippen molar-refractivity contribution in [2.75, 3.05) is 0 Å². The van der Waals surface area contributed by atoms with E-state index in [-0.39, 0.29) is 0 Å². The summed E-state index contributed by atoms with van der Waals surface area (Å²) in [5.74, 6) is 0. The molecule has 1 heterocycles. The van der Waals surface area contributed by atoms with Crippen molar-refractivity contribution in [1.29, 1.82) is 0 Å². The molecule has 0 fully saturated rings. The van der Waals surface area contributed by atoms with Crippen LogP contribution in [0.15, 0.2) is 17.3 Å². The molecule has 0 aromatic carbocycles. The summed E-state index contributed by atoms with van der Waals surface area (Å²) in [6, 6.07) is 1.79. The molecule has 0 saturated carbocycles. The molecule has 0 saturated heterocycles. The van der Waals surface area contributed by atoms with Crippen LogP contribution in [0.4, 0.5) is 0 Å². The van der Waals surface area contributed by atoms with E-state index in [1.54, 1.807) is 12.3 Å². The number of thiol groups is 1. The van der Waals surface area contributed by atoms with Crippen molar-refractivity contribution >= 4 is 24.8 Å². The highest BCUT2D eigenvalue weighted by molar-refractivity contribution is 7.97. The van der Waals surface area contributed by atoms with Gasteiger partial charge in [-0.25, -0.2) is 4.09 Å². The Kier molecular flexibility index (Phi) is 1.82. The predicted octanol–water partition coefficient (Wildman–Crippen LogP) is 0.542. The first kappa shape index (κ1) is 6.00. The molecule has 1 aromatic heterocycles. The number of hydrogen-bond acceptors (Lipinski definition) is 4. The van der Waals surface area contributed by atoms with Crippen LogP contribution in [0.25, 0.3) is 0 Å². The summed E-state index contributed by atoms with van der Waals surface area (Å²) in [4.78, 5) is 0. The fourth-order valence-electron chi connectivity index (χ4n) is 0.361. The molecular formula is C3H5N3S2. The first-order chi connectivity index (χ1) is 3.83. The van der Waals surface area contributed by atoms with Crippen LogP contribution in [-0.4, -0.2) is 9.19 Å². The van der Waals surface area contributed by atoms with Crippen LogP contribution in [0.5, 0.6) is 0 Å². The maximum Gasteiger partial charge on any atom is 0.134 e. The van der Waals surface area contributed by atoms with E-state index >= 15 is 0 Å². The van der Waals surface area contributed by atoms with Crippen LogP contribution >= 0.6 is 24.8 Å². The van der Waals surface area contributed by atoms with Gasteiger partial charge in [-0.15, -0.1) is 0 Å². The van der Waals surface area contributed by atoms with Crippen LogP contribution in [0, 0.1) is 0 Å². The third-order valence-electron chi connectivity index (χ3n) is 0.672. The number of hydrogen-bond donors (Lipinski definition) is 2. The Labute approximate surface area is 56.9 Å². The van der Waals surface area contributed by atoms with E-state index in [4.69, 9.17) is 5.14 Å². The quantitative estimate of drug-likeness (QED) is 0.450. The number of rotatable bonds is 1. The Morgan fingerprint density at radius 1 is 1.88 bits per heavy atom. The van der Waals surface area contributed by atoms with Gasteiger partial charge < -0.3 is 0 Å². The molecule has 1 aromatic rings. The Hall–Kier alpha value is -0.130. The number of nitrogens with zero attached hydrogens (tertiary/aromatic N) is 2. The number of aromatic nitrogens is 2. The zero-order chi connectivity index (χ0) is 5.98. The average Bonchev–Trinajstić information content (AvgIpc) is 2.14. The van der Waals surface area contributed by atoms with Crippen LogP contribution < -0.4 is 5.14 Å². The summed E-state index contributed by atoms with van der Waals surface area (Å²) in [6.45, 7) is 0. The van der Waals surface area contributed by atoms with Gasteiger partial charge in [-0.05, 0) is 30.8 Å². The summed E-state index contributed by atoms with van der Waals surface area (Å²) in [5.41, 5.74) is 0. The van der Waals surface area contributed by atoms with Crippen molar-refractivity contribution < 1.29 is 0 Å². The SMILES string of the molecule is NSc1ccn(S)n1. The second-order valence-electron chi connectivity index (χ2n) is 1.19. The first-order valence-corrected chi connectivity index (χ1v) is 3.22. The van der Waals surface area contributed by atoms with E-state index in [1.165, 1.54) is 4.09 Å². The maximum atomic E-state index is 5.17. The molecule has 0 aliphatic heterocycles. The topological polar surface area (TPSA) is 43.8 Å². The largest absolute Gasteiger partial charge is 0.272 e. The molecule has 5 heteroatoms. The lowest BCUT2D eigenvalue weighted by atomic mass is 10.8. The smallest absolute Gasteiger partial charge is 0.134 e. The highest BCUT2D eigenvalue weighted by Crippen LogP contribution is 2.06. The highest BCUT2D eigenvalue weighted by atomic mass is 32.2. The second kappa shape index (κ2) is 2.43. The molecule has 0 bridgehead atoms. The molecule has 44 valence electrons. The Morgan fingerprint density at radius 3 is 2.88 bits per heavy atom. The van der Waals surface area contributed by atoms with Gasteiger partial charge in [0.15, 0.2) is 0 Å². The lowest BCUT2D eigenvalue weighted by molar-refractivity contribution is 0.950. The van der Waals surface area contributed by atoms with Crippen LogP contribution in [-0.2, 0) is 0 Å². The molecule has 0 atom stereocenters. The van der Waals surface area contributed by atoms with Crippen molar-refractivity contribution in [1.82, 2.24) is 9.19 Å². The predicted molar refractivity (Wildman–Crippen MR) is 36.7 cm³/mol. The Bertz CT molecular complexity index is 173. The van der Waals surface area contributed by atoms with Gasteiger partial charge in [0.1, 0.15) is 5.03 Å². The van der Waals surface area contributed by atoms with Crippen LogP contribution in [0.2, 0.25) is 0 Å². The minimum atomic E-state index is 0.778. The van der Waals surface area contributed by atoms with Crippen molar-refractivity contribution in [2.45, 2.75) is 5.03 Å². The summed E-state index contributed by atoms with van der Waals surface area (Å²) in [7, 11) is 0. The van der Waals surface area contributed by atoms with E-state index < -0.39 is 0 Å². The van der Waals surface area contributed by atoms with Gasteiger partial charge >= 0.3 is 0 Å². The molecule has 2 N–H and O–H groups in total. The number of nitrogens with two attached hydrogens (primary N) is 1. The molecule has 0 unspecified atom stereocenters. The first-order valence-electron chi connectivity index (χ1n) is 1.94. The molecule has 1 rings (SSSR count). The van der Waals surface area contributed by atoms with Gasteiger partial charge in [0.05, 0.1) is 0 Å². The van der Waals surface area contributed by atoms with Gasteiger partial charge in [0.25, 0.3) is 0 Å². The van der Waals surface area contributed by atoms with Gasteiger partial charge in [-0.3, -0.25) is 5.14 Å². The maximum absolute atomic E-state index is 5.17. The molecule has 8 heavy (non-hydrogen) atoms. The monoisotopic (exact) mass is 147 g/mol. The van der Waals surface area contributed by atoms with E-state index in [9.17, 15) is 0 Å². The average molecular weight is 147 g/mol. The van der Waals surface area contributed by atoms with E-state index in [0.29, 0.717) is 0 Å². The molecular weight excluding hydrogens is 142 g/mol. The molecule has 0 amide bonds. The van der Waals surface area contributed by atoms with E-state index in [1.807, 2.05) is 0 Å². The van der Waals surface area contributed by atoms with E-state index in [0.717, 1.165) is 17.0 Å². The minimum absolute atomic E-state index is 0.778. The zero-order valence-corrected chi connectivity index (χ0v) is 5.69. The molecule has 0 aliphatic rings. The zero-order valence-electron chi connectivity index (χ0n) is 3.98. The highest BCUT2D eigenvalue weighted by Gasteiger charge is 1.90. The normalized spacial score (nSPS) is 9.75. The van der Waals surface area contributed by atoms with Gasteiger partial charge in [0.2, 0.25) is 0 Å². The second-order valence-corrected chi connectivity index (χ2v) is 2.26. The van der Waals surface area contributed by atoms with Gasteiger partial charge in [0, 0.05) is 6.20 Å². The molecule has 3 nitrogen and oxygen atoms in total. The third-order valence-corrected chi connectivity index (χ3v) is 1.35. The standard InChI is InChI=1S/C3H5N3S2/c4-8-3-1-2-6(7)5-3/h1-2,7H,4H2. The molecule has 0 spiro atoms. The van der Waals surface area contributed by atoms with Crippen molar-refractivity contribution in [3.63, 3.8) is 0 Å². The third kappa shape index (κ3) is 1.18. The Morgan fingerprint density at radius 2 is 2.62 bits per heavy atom. The summed E-state index contributed by atoms with van der Waals surface area (Å²) in [5, 5.41) is 9.80. The Balaban J connectivity index is 2.84. The lowest BCUT2D eigenvalue weighted by Crippen LogP contribution is -1.82. The summed E-state index contributed by atoms with van der Waals surface area (Å²) >= 11 is 5.00. The van der Waals surface area contributed by atoms with Crippen LogP contribution in [0.3, 0.4) is 0 Å². The van der Waals surface area contributed by atoms with Crippen LogP contribution in [0.1, 0.15) is 0 Å². The minimum Gasteiger partial charge on any atom is -0.272 e. The van der Waals surface area contributed by atoms with Gasteiger partial charge in [-0.2, -0.15) is 5.10 Å². The summed E-state index contributed by atoms with van der Waals surface area (Å²) in [6.07, 6.45) is 1.72. The fourth-order valence-corrected chi connectivity index (χ4v) is 0.859. The fraction of sp³-hybridized carbons (Fsp3) is 0. The van der Waals surface area contributed by atoms with Crippen molar-refractivity contribution in [3.05, 3.63) is 12.3 Å². The lowest BCUT2D eigenvalue weighted by Gasteiger charge is -1.81. The van der Waals surface area contributed by atoms with Crippen molar-refractivity contribution in [3.8, 4) is 0 Å².